The fourth-order valence-electron chi connectivity index (χ4n) is 1.57. The molecule has 0 bridgehead atoms. The number of hydrogen-bond acceptors (Lipinski definition) is 2. The van der Waals surface area contributed by atoms with Gasteiger partial charge in [-0.15, -0.1) is 0 Å². The molecule has 1 rings (SSSR count). The van der Waals surface area contributed by atoms with Gasteiger partial charge in [-0.2, -0.15) is 18.4 Å². The van der Waals surface area contributed by atoms with Crippen molar-refractivity contribution >= 4 is 5.70 Å². The summed E-state index contributed by atoms with van der Waals surface area (Å²) >= 11 is 0. The van der Waals surface area contributed by atoms with Crippen LogP contribution in [0.5, 0.6) is 0 Å². The van der Waals surface area contributed by atoms with Gasteiger partial charge in [-0.1, -0.05) is 13.3 Å². The summed E-state index contributed by atoms with van der Waals surface area (Å²) in [4.78, 5) is 0. The molecule has 6 heteroatoms. The predicted molar refractivity (Wildman–Crippen MR) is 63.0 cm³/mol. The Hall–Kier alpha value is -2.03. The molecule has 0 spiro atoms. The predicted octanol–water partition coefficient (Wildman–Crippen LogP) is 3.84. The lowest BCUT2D eigenvalue weighted by Crippen LogP contribution is -2.09. The van der Waals surface area contributed by atoms with Gasteiger partial charge in [0.2, 0.25) is 0 Å². The number of nitrogens with zero attached hydrogens (tertiary/aromatic N) is 1. The van der Waals surface area contributed by atoms with Crippen LogP contribution in [0, 0.1) is 17.1 Å². The Kier molecular flexibility index (Phi) is 4.54. The number of alkyl halides is 3. The molecular weight excluding hydrogens is 260 g/mol. The summed E-state index contributed by atoms with van der Waals surface area (Å²) in [6.45, 7) is 1.78. The second kappa shape index (κ2) is 5.74. The van der Waals surface area contributed by atoms with Crippen LogP contribution in [-0.2, 0) is 6.18 Å². The van der Waals surface area contributed by atoms with E-state index in [1.54, 1.807) is 13.0 Å². The van der Waals surface area contributed by atoms with Crippen molar-refractivity contribution < 1.29 is 17.6 Å². The van der Waals surface area contributed by atoms with Crippen LogP contribution in [0.15, 0.2) is 23.8 Å². The molecule has 0 aromatic heterocycles. The largest absolute Gasteiger partial charge is 0.416 e. The zero-order chi connectivity index (χ0) is 14.6. The van der Waals surface area contributed by atoms with Crippen LogP contribution in [0.4, 0.5) is 17.6 Å². The second-order valence-electron chi connectivity index (χ2n) is 3.95. The van der Waals surface area contributed by atoms with Crippen LogP contribution in [0.2, 0.25) is 0 Å². The molecule has 0 radical (unpaired) electrons. The van der Waals surface area contributed by atoms with Crippen molar-refractivity contribution in [2.75, 3.05) is 0 Å². The molecule has 102 valence electrons. The molecule has 0 unspecified atom stereocenters. The lowest BCUT2D eigenvalue weighted by molar-refractivity contribution is -0.137. The van der Waals surface area contributed by atoms with Crippen molar-refractivity contribution in [2.24, 2.45) is 5.73 Å². The number of rotatable bonds is 3. The van der Waals surface area contributed by atoms with Crippen molar-refractivity contribution in [2.45, 2.75) is 25.9 Å². The molecule has 1 aromatic carbocycles. The van der Waals surface area contributed by atoms with E-state index in [0.29, 0.717) is 24.6 Å². The zero-order valence-electron chi connectivity index (χ0n) is 10.2. The molecule has 19 heavy (non-hydrogen) atoms. The first-order chi connectivity index (χ1) is 8.81. The minimum absolute atomic E-state index is 0.0840. The van der Waals surface area contributed by atoms with Crippen LogP contribution in [0.25, 0.3) is 5.70 Å². The van der Waals surface area contributed by atoms with E-state index < -0.39 is 17.6 Å². The highest BCUT2D eigenvalue weighted by atomic mass is 19.4. The van der Waals surface area contributed by atoms with E-state index in [1.807, 2.05) is 0 Å². The van der Waals surface area contributed by atoms with E-state index in [4.69, 9.17) is 11.0 Å². The van der Waals surface area contributed by atoms with Crippen molar-refractivity contribution in [3.05, 3.63) is 40.7 Å². The lowest BCUT2D eigenvalue weighted by Gasteiger charge is -2.11. The van der Waals surface area contributed by atoms with Crippen molar-refractivity contribution in [3.63, 3.8) is 0 Å². The summed E-state index contributed by atoms with van der Waals surface area (Å²) in [5, 5.41) is 8.88. The maximum atomic E-state index is 13.6. The number of halogens is 4. The van der Waals surface area contributed by atoms with E-state index >= 15 is 0 Å². The van der Waals surface area contributed by atoms with Gasteiger partial charge in [-0.25, -0.2) is 4.39 Å². The van der Waals surface area contributed by atoms with Gasteiger partial charge < -0.3 is 5.73 Å². The van der Waals surface area contributed by atoms with Gasteiger partial charge in [0, 0.05) is 5.56 Å². The standard InChI is InChI=1S/C13H12F4N2/c1-2-3-8(7-18)12(19)10-6-9(13(15,16)17)4-5-11(10)14/h4-6H,2-3,19H2,1H3/b12-8-. The summed E-state index contributed by atoms with van der Waals surface area (Å²) in [6.07, 6.45) is -3.71. The van der Waals surface area contributed by atoms with Crippen molar-refractivity contribution in [1.29, 1.82) is 5.26 Å². The third-order valence-corrected chi connectivity index (χ3v) is 2.54. The van der Waals surface area contributed by atoms with Crippen molar-refractivity contribution in [3.8, 4) is 6.07 Å². The molecule has 2 N–H and O–H groups in total. The molecule has 0 heterocycles. The van der Waals surface area contributed by atoms with Gasteiger partial charge in [0.15, 0.2) is 0 Å². The number of allylic oxidation sites excluding steroid dienone is 1. The first kappa shape index (κ1) is 15.0. The van der Waals surface area contributed by atoms with Gasteiger partial charge in [-0.05, 0) is 24.6 Å². The average molecular weight is 272 g/mol. The molecule has 0 fully saturated rings. The topological polar surface area (TPSA) is 49.8 Å². The summed E-state index contributed by atoms with van der Waals surface area (Å²) < 4.78 is 51.2. The van der Waals surface area contributed by atoms with Gasteiger partial charge in [-0.3, -0.25) is 0 Å². The Morgan fingerprint density at radius 1 is 1.37 bits per heavy atom. The maximum absolute atomic E-state index is 13.6. The van der Waals surface area contributed by atoms with Gasteiger partial charge in [0.1, 0.15) is 5.82 Å². The number of benzene rings is 1. The molecule has 0 amide bonds. The highest BCUT2D eigenvalue weighted by Crippen LogP contribution is 2.32. The Morgan fingerprint density at radius 2 is 2.00 bits per heavy atom. The quantitative estimate of drug-likeness (QED) is 0.671. The maximum Gasteiger partial charge on any atom is 0.416 e. The molecule has 0 aliphatic heterocycles. The van der Waals surface area contributed by atoms with Crippen LogP contribution >= 0.6 is 0 Å². The Morgan fingerprint density at radius 3 is 2.47 bits per heavy atom. The van der Waals surface area contributed by atoms with Gasteiger partial charge in [0.05, 0.1) is 22.9 Å². The minimum atomic E-state index is -4.58. The number of nitrogens with two attached hydrogens (primary N) is 1. The second-order valence-corrected chi connectivity index (χ2v) is 3.95. The summed E-state index contributed by atoms with van der Waals surface area (Å²) in [5.74, 6) is -0.880. The number of nitriles is 1. The smallest absolute Gasteiger partial charge is 0.397 e. The van der Waals surface area contributed by atoms with E-state index in [9.17, 15) is 17.6 Å². The average Bonchev–Trinajstić information content (AvgIpc) is 2.34. The van der Waals surface area contributed by atoms with E-state index in [0.717, 1.165) is 0 Å². The number of hydrogen-bond donors (Lipinski definition) is 1. The van der Waals surface area contributed by atoms with E-state index in [1.165, 1.54) is 0 Å². The van der Waals surface area contributed by atoms with Crippen LogP contribution < -0.4 is 5.73 Å². The summed E-state index contributed by atoms with van der Waals surface area (Å²) in [7, 11) is 0. The van der Waals surface area contributed by atoms with Crippen LogP contribution in [0.3, 0.4) is 0 Å². The SMILES string of the molecule is CCC/C(C#N)=C(/N)c1cc(C(F)(F)F)ccc1F. The Labute approximate surface area is 108 Å². The van der Waals surface area contributed by atoms with Crippen LogP contribution in [0.1, 0.15) is 30.9 Å². The third kappa shape index (κ3) is 3.47. The summed E-state index contributed by atoms with van der Waals surface area (Å²) in [6, 6.07) is 3.75. The molecule has 1 aromatic rings. The zero-order valence-corrected chi connectivity index (χ0v) is 10.2. The molecule has 0 atom stereocenters. The summed E-state index contributed by atoms with van der Waals surface area (Å²) in [5.41, 5.74) is 4.05. The van der Waals surface area contributed by atoms with Gasteiger partial charge >= 0.3 is 6.18 Å². The van der Waals surface area contributed by atoms with E-state index in [2.05, 4.69) is 0 Å². The molecule has 0 saturated heterocycles. The highest BCUT2D eigenvalue weighted by Gasteiger charge is 2.31. The molecule has 0 aliphatic rings. The lowest BCUT2D eigenvalue weighted by atomic mass is 10.0. The van der Waals surface area contributed by atoms with Crippen molar-refractivity contribution in [1.82, 2.24) is 0 Å². The first-order valence-electron chi connectivity index (χ1n) is 5.57. The van der Waals surface area contributed by atoms with Gasteiger partial charge in [0.25, 0.3) is 0 Å². The fraction of sp³-hybridized carbons (Fsp3) is 0.308. The third-order valence-electron chi connectivity index (χ3n) is 2.54. The Balaban J connectivity index is 3.38. The van der Waals surface area contributed by atoms with E-state index in [-0.39, 0.29) is 23.3 Å². The Bertz CT molecular complexity index is 539. The molecule has 0 aliphatic carbocycles. The minimum Gasteiger partial charge on any atom is -0.397 e. The fourth-order valence-corrected chi connectivity index (χ4v) is 1.57. The molecule has 2 nitrogen and oxygen atoms in total. The first-order valence-corrected chi connectivity index (χ1v) is 5.57. The van der Waals surface area contributed by atoms with Crippen LogP contribution in [-0.4, -0.2) is 0 Å². The normalized spacial score (nSPS) is 12.8. The highest BCUT2D eigenvalue weighted by molar-refractivity contribution is 5.70. The molecular formula is C13H12F4N2. The monoisotopic (exact) mass is 272 g/mol. The molecule has 0 saturated carbocycles.